The van der Waals surface area contributed by atoms with E-state index in [1.165, 1.54) is 58.0 Å². The van der Waals surface area contributed by atoms with Crippen LogP contribution in [0.4, 0.5) is 0 Å². The van der Waals surface area contributed by atoms with Gasteiger partial charge in [0, 0.05) is 38.7 Å². The van der Waals surface area contributed by atoms with E-state index in [-0.39, 0.29) is 29.4 Å². The first kappa shape index (κ1) is 26.0. The molecule has 0 saturated carbocycles. The molecule has 6 heteroatoms. The molecule has 0 radical (unpaired) electrons. The fraction of sp³-hybridized carbons (Fsp3) is 0.955. The molecule has 2 fully saturated rings. The monoisotopic (exact) mass is 508 g/mol. The molecule has 2 aliphatic rings. The summed E-state index contributed by atoms with van der Waals surface area (Å²) in [5, 5.41) is 7.03. The molecule has 0 aromatic heterocycles. The average Bonchev–Trinajstić information content (AvgIpc) is 2.65. The van der Waals surface area contributed by atoms with Crippen molar-refractivity contribution in [1.82, 2.24) is 15.5 Å². The number of unbranched alkanes of at least 4 members (excludes halogenated alkanes) is 1. The molecule has 0 aromatic carbocycles. The van der Waals surface area contributed by atoms with Crippen LogP contribution in [0.5, 0.6) is 0 Å². The number of nitrogens with zero attached hydrogens (tertiary/aromatic N) is 2. The van der Waals surface area contributed by atoms with E-state index < -0.39 is 0 Å². The van der Waals surface area contributed by atoms with Crippen molar-refractivity contribution in [1.29, 1.82) is 0 Å². The minimum Gasteiger partial charge on any atom is -0.377 e. The van der Waals surface area contributed by atoms with Crippen LogP contribution in [0.3, 0.4) is 0 Å². The first-order chi connectivity index (χ1) is 12.9. The summed E-state index contributed by atoms with van der Waals surface area (Å²) in [5.74, 6) is 1.48. The van der Waals surface area contributed by atoms with Gasteiger partial charge in [-0.05, 0) is 64.0 Å². The molecule has 2 heterocycles. The van der Waals surface area contributed by atoms with Gasteiger partial charge in [-0.1, -0.05) is 27.2 Å². The lowest BCUT2D eigenvalue weighted by molar-refractivity contribution is -0.0835. The highest BCUT2D eigenvalue weighted by Gasteiger charge is 2.35. The maximum atomic E-state index is 6.10. The maximum Gasteiger partial charge on any atom is 0.190 e. The predicted octanol–water partition coefficient (Wildman–Crippen LogP) is 4.27. The number of rotatable bonds is 7. The van der Waals surface area contributed by atoms with Crippen LogP contribution in [0.1, 0.15) is 72.6 Å². The Bertz CT molecular complexity index is 452. The van der Waals surface area contributed by atoms with Crippen molar-refractivity contribution in [2.45, 2.75) is 84.8 Å². The predicted molar refractivity (Wildman–Crippen MR) is 131 cm³/mol. The normalized spacial score (nSPS) is 27.2. The fourth-order valence-electron chi connectivity index (χ4n) is 4.59. The van der Waals surface area contributed by atoms with Crippen molar-refractivity contribution in [2.24, 2.45) is 16.3 Å². The zero-order valence-corrected chi connectivity index (χ0v) is 21.3. The molecular weight excluding hydrogens is 463 g/mol. The van der Waals surface area contributed by atoms with Gasteiger partial charge in [-0.3, -0.25) is 4.99 Å². The second kappa shape index (κ2) is 13.3. The van der Waals surface area contributed by atoms with E-state index in [4.69, 9.17) is 4.74 Å². The summed E-state index contributed by atoms with van der Waals surface area (Å²) in [6, 6.07) is 0.773. The molecule has 28 heavy (non-hydrogen) atoms. The Balaban J connectivity index is 0.00000392. The van der Waals surface area contributed by atoms with E-state index >= 15 is 0 Å². The molecule has 5 nitrogen and oxygen atoms in total. The van der Waals surface area contributed by atoms with Crippen LogP contribution in [0.2, 0.25) is 0 Å². The van der Waals surface area contributed by atoms with Crippen LogP contribution < -0.4 is 10.6 Å². The summed E-state index contributed by atoms with van der Waals surface area (Å²) in [6.07, 6.45) is 9.33. The second-order valence-electron chi connectivity index (χ2n) is 9.53. The van der Waals surface area contributed by atoms with Crippen molar-refractivity contribution < 1.29 is 4.74 Å². The third kappa shape index (κ3) is 8.74. The van der Waals surface area contributed by atoms with Gasteiger partial charge in [0.05, 0.1) is 6.10 Å². The highest BCUT2D eigenvalue weighted by Crippen LogP contribution is 2.33. The zero-order chi connectivity index (χ0) is 19.7. The SMILES string of the molecule is CN=C(NCCCCN1CCCCC1C)NCC1CCCOC1C(C)(C)C.I. The topological polar surface area (TPSA) is 48.9 Å². The Kier molecular flexibility index (Phi) is 12.3. The van der Waals surface area contributed by atoms with Crippen LogP contribution in [0, 0.1) is 11.3 Å². The number of halogens is 1. The highest BCUT2D eigenvalue weighted by atomic mass is 127. The Hall–Kier alpha value is -0.0800. The Morgan fingerprint density at radius 2 is 1.89 bits per heavy atom. The highest BCUT2D eigenvalue weighted by molar-refractivity contribution is 14.0. The van der Waals surface area contributed by atoms with Crippen LogP contribution in [-0.2, 0) is 4.74 Å². The number of nitrogens with one attached hydrogen (secondary N) is 2. The molecule has 3 atom stereocenters. The lowest BCUT2D eigenvalue weighted by Crippen LogP contribution is -2.47. The summed E-state index contributed by atoms with van der Waals surface area (Å²) >= 11 is 0. The number of ether oxygens (including phenoxy) is 1. The average molecular weight is 509 g/mol. The molecule has 0 spiro atoms. The lowest BCUT2D eigenvalue weighted by Gasteiger charge is -2.40. The molecule has 0 amide bonds. The number of hydrogen-bond donors (Lipinski definition) is 2. The standard InChI is InChI=1S/C22H44N4O.HI/c1-18-11-6-8-14-26(18)15-9-7-13-24-21(23-5)25-17-19-12-10-16-27-20(19)22(2,3)4;/h18-20H,6-17H2,1-5H3,(H2,23,24,25);1H. The number of aliphatic imine (C=N–C) groups is 1. The van der Waals surface area contributed by atoms with Crippen LogP contribution in [0.25, 0.3) is 0 Å². The van der Waals surface area contributed by atoms with Gasteiger partial charge in [0.15, 0.2) is 5.96 Å². The molecule has 0 bridgehead atoms. The van der Waals surface area contributed by atoms with Gasteiger partial charge < -0.3 is 20.3 Å². The van der Waals surface area contributed by atoms with Gasteiger partial charge in [-0.25, -0.2) is 0 Å². The van der Waals surface area contributed by atoms with Gasteiger partial charge in [0.2, 0.25) is 0 Å². The smallest absolute Gasteiger partial charge is 0.190 e. The first-order valence-electron chi connectivity index (χ1n) is 11.2. The van der Waals surface area contributed by atoms with Crippen LogP contribution in [0.15, 0.2) is 4.99 Å². The van der Waals surface area contributed by atoms with Crippen LogP contribution in [-0.4, -0.2) is 62.8 Å². The Morgan fingerprint density at radius 3 is 2.57 bits per heavy atom. The summed E-state index contributed by atoms with van der Waals surface area (Å²) in [7, 11) is 1.86. The van der Waals surface area contributed by atoms with Gasteiger partial charge in [-0.15, -0.1) is 24.0 Å². The molecule has 2 aliphatic heterocycles. The second-order valence-corrected chi connectivity index (χ2v) is 9.53. The Labute approximate surface area is 190 Å². The molecule has 3 unspecified atom stereocenters. The summed E-state index contributed by atoms with van der Waals surface area (Å²) in [4.78, 5) is 7.06. The number of guanidine groups is 1. The summed E-state index contributed by atoms with van der Waals surface area (Å²) in [6.45, 7) is 14.6. The van der Waals surface area contributed by atoms with E-state index in [1.54, 1.807) is 0 Å². The van der Waals surface area contributed by atoms with Crippen molar-refractivity contribution in [2.75, 3.05) is 39.8 Å². The van der Waals surface area contributed by atoms with Crippen LogP contribution >= 0.6 is 24.0 Å². The number of hydrogen-bond acceptors (Lipinski definition) is 3. The van der Waals surface area contributed by atoms with Crippen molar-refractivity contribution in [3.05, 3.63) is 0 Å². The molecular formula is C22H45IN4O. The summed E-state index contributed by atoms with van der Waals surface area (Å²) < 4.78 is 6.10. The third-order valence-electron chi connectivity index (χ3n) is 6.16. The van der Waals surface area contributed by atoms with Gasteiger partial charge in [0.25, 0.3) is 0 Å². The fourth-order valence-corrected chi connectivity index (χ4v) is 4.59. The number of likely N-dealkylation sites (tertiary alicyclic amines) is 1. The molecule has 166 valence electrons. The van der Waals surface area contributed by atoms with E-state index in [0.29, 0.717) is 12.0 Å². The van der Waals surface area contributed by atoms with E-state index in [0.717, 1.165) is 31.7 Å². The Morgan fingerprint density at radius 1 is 1.11 bits per heavy atom. The quantitative estimate of drug-likeness (QED) is 0.234. The first-order valence-corrected chi connectivity index (χ1v) is 11.2. The molecule has 2 N–H and O–H groups in total. The van der Waals surface area contributed by atoms with E-state index in [2.05, 4.69) is 48.2 Å². The third-order valence-corrected chi connectivity index (χ3v) is 6.16. The zero-order valence-electron chi connectivity index (χ0n) is 18.9. The molecule has 0 aromatic rings. The van der Waals surface area contributed by atoms with Gasteiger partial charge in [-0.2, -0.15) is 0 Å². The van der Waals surface area contributed by atoms with E-state index in [1.807, 2.05) is 7.05 Å². The largest absolute Gasteiger partial charge is 0.377 e. The summed E-state index contributed by atoms with van der Waals surface area (Å²) in [5.41, 5.74) is 0.190. The van der Waals surface area contributed by atoms with Gasteiger partial charge >= 0.3 is 0 Å². The lowest BCUT2D eigenvalue weighted by atomic mass is 9.78. The molecule has 0 aliphatic carbocycles. The van der Waals surface area contributed by atoms with E-state index in [9.17, 15) is 0 Å². The minimum absolute atomic E-state index is 0. The minimum atomic E-state index is 0. The molecule has 2 rings (SSSR count). The van der Waals surface area contributed by atoms with Gasteiger partial charge in [0.1, 0.15) is 0 Å². The number of piperidine rings is 1. The van der Waals surface area contributed by atoms with Crippen molar-refractivity contribution in [3.8, 4) is 0 Å². The maximum absolute atomic E-state index is 6.10. The molecule has 2 saturated heterocycles. The van der Waals surface area contributed by atoms with Crippen molar-refractivity contribution in [3.63, 3.8) is 0 Å². The van der Waals surface area contributed by atoms with Crippen molar-refractivity contribution >= 4 is 29.9 Å².